The minimum absolute atomic E-state index is 0.0626. The number of rotatable bonds is 4. The molecule has 0 amide bonds. The molecule has 1 atom stereocenters. The molecule has 0 saturated heterocycles. The summed E-state index contributed by atoms with van der Waals surface area (Å²) < 4.78 is 31.0. The third-order valence-electron chi connectivity index (χ3n) is 2.44. The minimum atomic E-state index is -0.955. The van der Waals surface area contributed by atoms with E-state index in [1.165, 1.54) is 36.4 Å². The maximum Gasteiger partial charge on any atom is 0.126 e. The van der Waals surface area contributed by atoms with Gasteiger partial charge in [0.2, 0.25) is 0 Å². The van der Waals surface area contributed by atoms with E-state index in [4.69, 9.17) is 4.74 Å². The molecule has 18 heavy (non-hydrogen) atoms. The lowest BCUT2D eigenvalue weighted by Crippen LogP contribution is -2.09. The number of halogens is 2. The molecule has 2 aromatic rings. The number of ether oxygens (including phenoxy) is 1. The monoisotopic (exact) mass is 250 g/mol. The topological polar surface area (TPSA) is 29.5 Å². The van der Waals surface area contributed by atoms with Crippen LogP contribution in [-0.2, 0) is 0 Å². The van der Waals surface area contributed by atoms with Gasteiger partial charge in [-0.05, 0) is 29.8 Å². The SMILES string of the molecule is OC(COc1cccc(F)c1)c1cccc(F)c1. The van der Waals surface area contributed by atoms with Gasteiger partial charge in [0.15, 0.2) is 0 Å². The van der Waals surface area contributed by atoms with Gasteiger partial charge < -0.3 is 9.84 Å². The third-order valence-corrected chi connectivity index (χ3v) is 2.44. The molecule has 0 fully saturated rings. The lowest BCUT2D eigenvalue weighted by Gasteiger charge is -2.12. The first-order valence-electron chi connectivity index (χ1n) is 5.47. The lowest BCUT2D eigenvalue weighted by atomic mass is 10.1. The molecule has 1 unspecified atom stereocenters. The van der Waals surface area contributed by atoms with Crippen molar-refractivity contribution in [3.05, 3.63) is 65.7 Å². The number of hydrogen-bond acceptors (Lipinski definition) is 2. The first kappa shape index (κ1) is 12.5. The van der Waals surface area contributed by atoms with E-state index in [9.17, 15) is 13.9 Å². The highest BCUT2D eigenvalue weighted by Gasteiger charge is 2.09. The van der Waals surface area contributed by atoms with Crippen molar-refractivity contribution in [1.29, 1.82) is 0 Å². The maximum absolute atomic E-state index is 12.9. The van der Waals surface area contributed by atoms with Gasteiger partial charge in [-0.1, -0.05) is 18.2 Å². The van der Waals surface area contributed by atoms with Crippen LogP contribution in [0.2, 0.25) is 0 Å². The Morgan fingerprint density at radius 1 is 1.00 bits per heavy atom. The molecular weight excluding hydrogens is 238 g/mol. The summed E-state index contributed by atoms with van der Waals surface area (Å²) >= 11 is 0. The molecule has 0 saturated carbocycles. The van der Waals surface area contributed by atoms with Crippen LogP contribution in [0.15, 0.2) is 48.5 Å². The first-order valence-corrected chi connectivity index (χ1v) is 5.47. The van der Waals surface area contributed by atoms with Crippen molar-refractivity contribution in [3.63, 3.8) is 0 Å². The molecule has 2 nitrogen and oxygen atoms in total. The molecule has 0 radical (unpaired) electrons. The molecule has 2 rings (SSSR count). The molecule has 0 aliphatic rings. The zero-order valence-corrected chi connectivity index (χ0v) is 9.51. The van der Waals surface area contributed by atoms with E-state index in [0.717, 1.165) is 0 Å². The summed E-state index contributed by atoms with van der Waals surface area (Å²) in [5.74, 6) is -0.504. The Hall–Kier alpha value is -1.94. The zero-order chi connectivity index (χ0) is 13.0. The molecular formula is C14H12F2O2. The minimum Gasteiger partial charge on any atom is -0.490 e. The molecule has 0 aliphatic carbocycles. The summed E-state index contributed by atoms with van der Waals surface area (Å²) in [4.78, 5) is 0. The van der Waals surface area contributed by atoms with E-state index in [1.807, 2.05) is 0 Å². The van der Waals surface area contributed by atoms with Gasteiger partial charge in [0.1, 0.15) is 30.1 Å². The van der Waals surface area contributed by atoms with E-state index < -0.39 is 17.7 Å². The highest BCUT2D eigenvalue weighted by Crippen LogP contribution is 2.17. The summed E-state index contributed by atoms with van der Waals surface area (Å²) in [6, 6.07) is 11.3. The van der Waals surface area contributed by atoms with Crippen LogP contribution in [0.4, 0.5) is 8.78 Å². The van der Waals surface area contributed by atoms with Crippen LogP contribution >= 0.6 is 0 Å². The largest absolute Gasteiger partial charge is 0.490 e. The second kappa shape index (κ2) is 5.60. The van der Waals surface area contributed by atoms with Gasteiger partial charge in [0.05, 0.1) is 0 Å². The normalized spacial score (nSPS) is 12.2. The van der Waals surface area contributed by atoms with Crippen LogP contribution in [0, 0.1) is 11.6 Å². The van der Waals surface area contributed by atoms with Crippen LogP contribution in [0.5, 0.6) is 5.75 Å². The smallest absolute Gasteiger partial charge is 0.126 e. The zero-order valence-electron chi connectivity index (χ0n) is 9.51. The highest BCUT2D eigenvalue weighted by molar-refractivity contribution is 5.23. The van der Waals surface area contributed by atoms with Crippen LogP contribution in [0.1, 0.15) is 11.7 Å². The van der Waals surface area contributed by atoms with Gasteiger partial charge in [0.25, 0.3) is 0 Å². The fraction of sp³-hybridized carbons (Fsp3) is 0.143. The highest BCUT2D eigenvalue weighted by atomic mass is 19.1. The summed E-state index contributed by atoms with van der Waals surface area (Å²) in [5, 5.41) is 9.79. The molecule has 94 valence electrons. The summed E-state index contributed by atoms with van der Waals surface area (Å²) in [7, 11) is 0. The number of hydrogen-bond donors (Lipinski definition) is 1. The Kier molecular flexibility index (Phi) is 3.89. The Labute approximate surface area is 103 Å². The van der Waals surface area contributed by atoms with E-state index >= 15 is 0 Å². The van der Waals surface area contributed by atoms with Crippen LogP contribution < -0.4 is 4.74 Å². The van der Waals surface area contributed by atoms with Crippen LogP contribution in [0.25, 0.3) is 0 Å². The van der Waals surface area contributed by atoms with Gasteiger partial charge in [0, 0.05) is 6.07 Å². The van der Waals surface area contributed by atoms with Gasteiger partial charge in [-0.3, -0.25) is 0 Å². The Balaban J connectivity index is 1.98. The summed E-state index contributed by atoms with van der Waals surface area (Å²) in [5.41, 5.74) is 0.423. The molecule has 0 spiro atoms. The second-order valence-corrected chi connectivity index (χ2v) is 3.84. The molecule has 0 bridgehead atoms. The van der Waals surface area contributed by atoms with Gasteiger partial charge >= 0.3 is 0 Å². The van der Waals surface area contributed by atoms with Crippen molar-refractivity contribution in [1.82, 2.24) is 0 Å². The van der Waals surface area contributed by atoms with Crippen molar-refractivity contribution in [3.8, 4) is 5.75 Å². The van der Waals surface area contributed by atoms with Crippen molar-refractivity contribution in [2.45, 2.75) is 6.10 Å². The molecule has 0 aromatic heterocycles. The van der Waals surface area contributed by atoms with Crippen molar-refractivity contribution in [2.24, 2.45) is 0 Å². The van der Waals surface area contributed by atoms with Gasteiger partial charge in [-0.2, -0.15) is 0 Å². The number of aliphatic hydroxyl groups excluding tert-OH is 1. The second-order valence-electron chi connectivity index (χ2n) is 3.84. The predicted molar refractivity (Wildman–Crippen MR) is 63.3 cm³/mol. The van der Waals surface area contributed by atoms with Crippen molar-refractivity contribution < 1.29 is 18.6 Å². The summed E-state index contributed by atoms with van der Waals surface area (Å²) in [6.07, 6.45) is -0.955. The van der Waals surface area contributed by atoms with E-state index in [1.54, 1.807) is 12.1 Å². The fourth-order valence-corrected chi connectivity index (χ4v) is 1.54. The number of aliphatic hydroxyl groups is 1. The third kappa shape index (κ3) is 3.28. The first-order chi connectivity index (χ1) is 8.65. The van der Waals surface area contributed by atoms with Crippen LogP contribution in [-0.4, -0.2) is 11.7 Å². The van der Waals surface area contributed by atoms with E-state index in [-0.39, 0.29) is 6.61 Å². The lowest BCUT2D eigenvalue weighted by molar-refractivity contribution is 0.107. The van der Waals surface area contributed by atoms with Gasteiger partial charge in [-0.25, -0.2) is 8.78 Å². The molecule has 0 heterocycles. The van der Waals surface area contributed by atoms with E-state index in [0.29, 0.717) is 11.3 Å². The average Bonchev–Trinajstić information content (AvgIpc) is 2.36. The van der Waals surface area contributed by atoms with Crippen molar-refractivity contribution >= 4 is 0 Å². The van der Waals surface area contributed by atoms with Crippen molar-refractivity contribution in [2.75, 3.05) is 6.61 Å². The molecule has 0 aliphatic heterocycles. The maximum atomic E-state index is 12.9. The predicted octanol–water partition coefficient (Wildman–Crippen LogP) is 3.08. The Morgan fingerprint density at radius 2 is 1.67 bits per heavy atom. The van der Waals surface area contributed by atoms with Crippen LogP contribution in [0.3, 0.4) is 0 Å². The average molecular weight is 250 g/mol. The fourth-order valence-electron chi connectivity index (χ4n) is 1.54. The van der Waals surface area contributed by atoms with Gasteiger partial charge in [-0.15, -0.1) is 0 Å². The Bertz CT molecular complexity index is 529. The van der Waals surface area contributed by atoms with E-state index in [2.05, 4.69) is 0 Å². The summed E-state index contributed by atoms with van der Waals surface area (Å²) in [6.45, 7) is -0.0626. The molecule has 2 aromatic carbocycles. The Morgan fingerprint density at radius 3 is 2.33 bits per heavy atom. The number of benzene rings is 2. The quantitative estimate of drug-likeness (QED) is 0.903. The molecule has 4 heteroatoms. The molecule has 1 N–H and O–H groups in total. The standard InChI is InChI=1S/C14H12F2O2/c15-11-4-1-3-10(7-11)14(17)9-18-13-6-2-5-12(16)8-13/h1-8,14,17H,9H2.